The maximum absolute atomic E-state index is 12.4. The summed E-state index contributed by atoms with van der Waals surface area (Å²) < 4.78 is 37.6. The third-order valence-electron chi connectivity index (χ3n) is 11.6. The number of ether oxygens (including phenoxy) is 6. The van der Waals surface area contributed by atoms with Gasteiger partial charge in [0.15, 0.2) is 11.6 Å². The van der Waals surface area contributed by atoms with Crippen LogP contribution in [0.2, 0.25) is 0 Å². The van der Waals surface area contributed by atoms with Crippen molar-refractivity contribution in [2.45, 2.75) is 102 Å². The van der Waals surface area contributed by atoms with Gasteiger partial charge >= 0.3 is 5.97 Å². The Morgan fingerprint density at radius 2 is 1.65 bits per heavy atom. The van der Waals surface area contributed by atoms with Crippen LogP contribution in [0.15, 0.2) is 0 Å². The van der Waals surface area contributed by atoms with E-state index in [4.69, 9.17) is 28.4 Å². The van der Waals surface area contributed by atoms with E-state index in [1.165, 1.54) is 6.42 Å². The molecule has 3 heterocycles. The first-order valence-corrected chi connectivity index (χ1v) is 13.6. The summed E-state index contributed by atoms with van der Waals surface area (Å²) in [6, 6.07) is 0. The van der Waals surface area contributed by atoms with Gasteiger partial charge in [0, 0.05) is 37.0 Å². The van der Waals surface area contributed by atoms with E-state index in [1.54, 1.807) is 6.92 Å². The number of hydrogen-bond acceptors (Lipinski definition) is 7. The highest BCUT2D eigenvalue weighted by Crippen LogP contribution is 2.76. The Hall–Kier alpha value is -0.730. The molecule has 0 aromatic carbocycles. The summed E-state index contributed by atoms with van der Waals surface area (Å²) in [4.78, 5) is 12.4. The second-order valence-corrected chi connectivity index (χ2v) is 12.9. The first kappa shape index (κ1) is 22.5. The van der Waals surface area contributed by atoms with Crippen molar-refractivity contribution in [3.8, 4) is 0 Å². The van der Waals surface area contributed by atoms with Crippen LogP contribution in [0, 0.1) is 34.5 Å². The fraction of sp³-hybridized carbons (Fsp3) is 0.963. The minimum absolute atomic E-state index is 0.0131. The summed E-state index contributed by atoms with van der Waals surface area (Å²) in [5, 5.41) is 0. The molecule has 7 nitrogen and oxygen atoms in total. The second-order valence-electron chi connectivity index (χ2n) is 12.9. The van der Waals surface area contributed by atoms with Crippen molar-refractivity contribution in [1.29, 1.82) is 0 Å². The minimum Gasteiger partial charge on any atom is -0.462 e. The Morgan fingerprint density at radius 1 is 0.941 bits per heavy atom. The van der Waals surface area contributed by atoms with E-state index in [0.717, 1.165) is 38.5 Å². The van der Waals surface area contributed by atoms with E-state index in [1.807, 2.05) is 0 Å². The Morgan fingerprint density at radius 3 is 2.35 bits per heavy atom. The standard InChI is InChI=1S/C27H40O7/c1-16(28)33-19-14-23(2)18(5-6-20(23)25(4)29-9-10-30-25)17-13-21-27(34-21)15-26(31-11-12-32-26)8-7-24(27,3)22(17)19/h17-22H,5-15H2,1-4H3/t17-,18-,19-,20-,21+,22+,23-,24+,27+/m0/s1. The summed E-state index contributed by atoms with van der Waals surface area (Å²) in [7, 11) is 0. The van der Waals surface area contributed by atoms with Crippen LogP contribution in [0.1, 0.15) is 72.6 Å². The van der Waals surface area contributed by atoms with Gasteiger partial charge in [0.05, 0.1) is 32.5 Å². The highest BCUT2D eigenvalue weighted by Gasteiger charge is 2.80. The molecular weight excluding hydrogens is 436 g/mol. The van der Waals surface area contributed by atoms with Gasteiger partial charge in [-0.25, -0.2) is 0 Å². The molecule has 3 saturated heterocycles. The third kappa shape index (κ3) is 2.74. The van der Waals surface area contributed by atoms with Gasteiger partial charge in [0.2, 0.25) is 0 Å². The zero-order valence-corrected chi connectivity index (χ0v) is 21.1. The Kier molecular flexibility index (Phi) is 4.61. The number of epoxide rings is 1. The third-order valence-corrected chi connectivity index (χ3v) is 11.6. The average molecular weight is 477 g/mol. The number of carbonyl (C=O) groups excluding carboxylic acids is 1. The van der Waals surface area contributed by atoms with Crippen molar-refractivity contribution in [1.82, 2.24) is 0 Å². The average Bonchev–Trinajstić information content (AvgIpc) is 3.12. The van der Waals surface area contributed by atoms with Gasteiger partial charge in [-0.1, -0.05) is 13.8 Å². The number of esters is 1. The maximum Gasteiger partial charge on any atom is 0.302 e. The highest BCUT2D eigenvalue weighted by atomic mass is 16.7. The number of hydrogen-bond donors (Lipinski definition) is 0. The Balaban J connectivity index is 1.26. The monoisotopic (exact) mass is 476 g/mol. The van der Waals surface area contributed by atoms with Gasteiger partial charge in [0.1, 0.15) is 11.7 Å². The molecular formula is C27H40O7. The SMILES string of the molecule is CC(=O)O[C@H]1C[C@]2(C)[C@@H](C3(C)OCCO3)CC[C@H]2[C@@H]2C[C@H]3O[C@]34CC3(CC[C@]4(C)[C@H]21)OCCO3. The number of rotatable bonds is 2. The lowest BCUT2D eigenvalue weighted by atomic mass is 9.43. The molecule has 7 heteroatoms. The second kappa shape index (κ2) is 6.97. The normalized spacial score (nSPS) is 54.1. The van der Waals surface area contributed by atoms with Crippen LogP contribution in [-0.4, -0.2) is 61.8 Å². The molecule has 3 aliphatic heterocycles. The topological polar surface area (TPSA) is 75.8 Å². The molecule has 0 aromatic heterocycles. The number of fused-ring (bicyclic) bond motifs is 4. The predicted octanol–water partition coefficient (Wildman–Crippen LogP) is 3.82. The van der Waals surface area contributed by atoms with Gasteiger partial charge in [-0.2, -0.15) is 0 Å². The predicted molar refractivity (Wildman–Crippen MR) is 121 cm³/mol. The first-order chi connectivity index (χ1) is 16.1. The molecule has 2 spiro atoms. The lowest BCUT2D eigenvalue weighted by Gasteiger charge is -2.62. The zero-order chi connectivity index (χ0) is 23.6. The molecule has 9 atom stereocenters. The molecule has 7 fully saturated rings. The van der Waals surface area contributed by atoms with Gasteiger partial charge in [-0.05, 0) is 56.3 Å². The first-order valence-electron chi connectivity index (χ1n) is 13.6. The van der Waals surface area contributed by atoms with Crippen LogP contribution in [0.25, 0.3) is 0 Å². The molecule has 7 rings (SSSR count). The molecule has 0 unspecified atom stereocenters. The molecule has 0 radical (unpaired) electrons. The van der Waals surface area contributed by atoms with Crippen molar-refractivity contribution < 1.29 is 33.2 Å². The molecule has 190 valence electrons. The molecule has 4 saturated carbocycles. The summed E-state index contributed by atoms with van der Waals surface area (Å²) in [5.41, 5.74) is -0.255. The van der Waals surface area contributed by atoms with Crippen molar-refractivity contribution >= 4 is 5.97 Å². The quantitative estimate of drug-likeness (QED) is 0.443. The lowest BCUT2D eigenvalue weighted by Crippen LogP contribution is -2.65. The molecule has 34 heavy (non-hydrogen) atoms. The van der Waals surface area contributed by atoms with E-state index < -0.39 is 11.6 Å². The van der Waals surface area contributed by atoms with Crippen molar-refractivity contribution in [2.75, 3.05) is 26.4 Å². The zero-order valence-electron chi connectivity index (χ0n) is 21.1. The fourth-order valence-corrected chi connectivity index (χ4v) is 10.4. The van der Waals surface area contributed by atoms with Crippen molar-refractivity contribution in [3.05, 3.63) is 0 Å². The smallest absolute Gasteiger partial charge is 0.302 e. The van der Waals surface area contributed by atoms with Crippen LogP contribution < -0.4 is 0 Å². The van der Waals surface area contributed by atoms with Gasteiger partial charge in [-0.15, -0.1) is 0 Å². The summed E-state index contributed by atoms with van der Waals surface area (Å²) >= 11 is 0. The van der Waals surface area contributed by atoms with Crippen molar-refractivity contribution in [2.24, 2.45) is 34.5 Å². The van der Waals surface area contributed by atoms with Crippen LogP contribution in [0.3, 0.4) is 0 Å². The summed E-state index contributed by atoms with van der Waals surface area (Å²) in [6.07, 6.45) is 7.02. The fourth-order valence-electron chi connectivity index (χ4n) is 10.4. The van der Waals surface area contributed by atoms with E-state index in [0.29, 0.717) is 50.1 Å². The van der Waals surface area contributed by atoms with Crippen LogP contribution >= 0.6 is 0 Å². The van der Waals surface area contributed by atoms with E-state index in [2.05, 4.69) is 20.8 Å². The summed E-state index contributed by atoms with van der Waals surface area (Å²) in [6.45, 7) is 11.2. The largest absolute Gasteiger partial charge is 0.462 e. The van der Waals surface area contributed by atoms with Crippen LogP contribution in [-0.2, 0) is 33.2 Å². The van der Waals surface area contributed by atoms with Crippen molar-refractivity contribution in [3.63, 3.8) is 0 Å². The van der Waals surface area contributed by atoms with E-state index >= 15 is 0 Å². The van der Waals surface area contributed by atoms with Gasteiger partial charge in [0.25, 0.3) is 0 Å². The highest BCUT2D eigenvalue weighted by molar-refractivity contribution is 5.66. The molecule has 0 N–H and O–H groups in total. The van der Waals surface area contributed by atoms with Gasteiger partial charge in [-0.3, -0.25) is 4.79 Å². The molecule has 4 aliphatic carbocycles. The molecule has 0 aromatic rings. The van der Waals surface area contributed by atoms with Gasteiger partial charge < -0.3 is 28.4 Å². The maximum atomic E-state index is 12.4. The van der Waals surface area contributed by atoms with E-state index in [9.17, 15) is 4.79 Å². The summed E-state index contributed by atoms with van der Waals surface area (Å²) in [5.74, 6) is 0.446. The Bertz CT molecular complexity index is 878. The van der Waals surface area contributed by atoms with Crippen LogP contribution in [0.4, 0.5) is 0 Å². The molecule has 0 amide bonds. The molecule has 0 bridgehead atoms. The lowest BCUT2D eigenvalue weighted by molar-refractivity contribution is -0.252. The van der Waals surface area contributed by atoms with Crippen LogP contribution in [0.5, 0.6) is 0 Å². The Labute approximate surface area is 202 Å². The molecule has 7 aliphatic rings. The number of carbonyl (C=O) groups is 1. The van der Waals surface area contributed by atoms with E-state index in [-0.39, 0.29) is 34.6 Å². The minimum atomic E-state index is -0.538.